The summed E-state index contributed by atoms with van der Waals surface area (Å²) >= 11 is 5.23. The number of rotatable bonds is 2. The van der Waals surface area contributed by atoms with E-state index in [0.717, 1.165) is 9.35 Å². The SMILES string of the molecule is Cc1cc(Br)c(C(N)C2COCCO2)s1. The van der Waals surface area contributed by atoms with Gasteiger partial charge in [-0.3, -0.25) is 0 Å². The van der Waals surface area contributed by atoms with E-state index >= 15 is 0 Å². The number of aryl methyl sites for hydroxylation is 1. The minimum atomic E-state index is -0.0987. The van der Waals surface area contributed by atoms with Crippen molar-refractivity contribution in [3.05, 3.63) is 20.3 Å². The molecule has 1 fully saturated rings. The van der Waals surface area contributed by atoms with E-state index in [-0.39, 0.29) is 12.1 Å². The van der Waals surface area contributed by atoms with Gasteiger partial charge in [0.05, 0.1) is 25.9 Å². The molecule has 2 atom stereocenters. The Hall–Kier alpha value is 0.0600. The number of nitrogens with two attached hydrogens (primary N) is 1. The fourth-order valence-electron chi connectivity index (χ4n) is 1.61. The van der Waals surface area contributed by atoms with Crippen molar-refractivity contribution in [3.8, 4) is 0 Å². The highest BCUT2D eigenvalue weighted by Gasteiger charge is 2.26. The number of thiophene rings is 1. The van der Waals surface area contributed by atoms with Crippen molar-refractivity contribution >= 4 is 27.3 Å². The second kappa shape index (κ2) is 4.93. The van der Waals surface area contributed by atoms with Crippen LogP contribution in [0.4, 0.5) is 0 Å². The Balaban J connectivity index is 2.12. The molecule has 3 nitrogen and oxygen atoms in total. The molecule has 0 amide bonds. The molecule has 1 aliphatic heterocycles. The lowest BCUT2D eigenvalue weighted by Gasteiger charge is -2.27. The summed E-state index contributed by atoms with van der Waals surface area (Å²) in [6.07, 6.45) is -0.0203. The summed E-state index contributed by atoms with van der Waals surface area (Å²) in [6, 6.07) is 1.99. The monoisotopic (exact) mass is 291 g/mol. The van der Waals surface area contributed by atoms with Crippen molar-refractivity contribution in [1.29, 1.82) is 0 Å². The van der Waals surface area contributed by atoms with Gasteiger partial charge in [0.25, 0.3) is 0 Å². The van der Waals surface area contributed by atoms with Gasteiger partial charge in [0.2, 0.25) is 0 Å². The zero-order chi connectivity index (χ0) is 10.8. The quantitative estimate of drug-likeness (QED) is 0.909. The first-order valence-corrected chi connectivity index (χ1v) is 6.50. The molecule has 84 valence electrons. The number of ether oxygens (including phenoxy) is 2. The molecule has 5 heteroatoms. The molecule has 15 heavy (non-hydrogen) atoms. The van der Waals surface area contributed by atoms with Gasteiger partial charge in [-0.05, 0) is 28.9 Å². The third-order valence-electron chi connectivity index (χ3n) is 2.38. The number of hydrogen-bond acceptors (Lipinski definition) is 4. The molecule has 1 aromatic rings. The first-order valence-electron chi connectivity index (χ1n) is 4.89. The zero-order valence-electron chi connectivity index (χ0n) is 8.53. The summed E-state index contributed by atoms with van der Waals surface area (Å²) in [5.41, 5.74) is 6.16. The maximum atomic E-state index is 6.16. The molecule has 0 bridgehead atoms. The van der Waals surface area contributed by atoms with Crippen molar-refractivity contribution < 1.29 is 9.47 Å². The van der Waals surface area contributed by atoms with Crippen molar-refractivity contribution in [2.24, 2.45) is 5.73 Å². The Kier molecular flexibility index (Phi) is 3.79. The Morgan fingerprint density at radius 2 is 2.40 bits per heavy atom. The summed E-state index contributed by atoms with van der Waals surface area (Å²) in [5.74, 6) is 0. The van der Waals surface area contributed by atoms with Crippen LogP contribution in [0.1, 0.15) is 15.8 Å². The number of halogens is 1. The van der Waals surface area contributed by atoms with Gasteiger partial charge in [0.1, 0.15) is 6.10 Å². The van der Waals surface area contributed by atoms with Crippen LogP contribution in [0.5, 0.6) is 0 Å². The topological polar surface area (TPSA) is 44.5 Å². The van der Waals surface area contributed by atoms with E-state index in [1.54, 1.807) is 11.3 Å². The van der Waals surface area contributed by atoms with Gasteiger partial charge in [-0.15, -0.1) is 11.3 Å². The maximum absolute atomic E-state index is 6.16. The highest BCUT2D eigenvalue weighted by atomic mass is 79.9. The summed E-state index contributed by atoms with van der Waals surface area (Å²) in [5, 5.41) is 0. The Morgan fingerprint density at radius 1 is 1.60 bits per heavy atom. The summed E-state index contributed by atoms with van der Waals surface area (Å²) < 4.78 is 12.0. The summed E-state index contributed by atoms with van der Waals surface area (Å²) in [6.45, 7) is 3.97. The van der Waals surface area contributed by atoms with Crippen LogP contribution in [0, 0.1) is 6.92 Å². The van der Waals surface area contributed by atoms with Gasteiger partial charge in [0, 0.05) is 14.2 Å². The molecule has 2 N–H and O–H groups in total. The van der Waals surface area contributed by atoms with Crippen LogP contribution in [-0.4, -0.2) is 25.9 Å². The van der Waals surface area contributed by atoms with E-state index in [1.165, 1.54) is 4.88 Å². The van der Waals surface area contributed by atoms with Crippen LogP contribution >= 0.6 is 27.3 Å². The van der Waals surface area contributed by atoms with Gasteiger partial charge in [0.15, 0.2) is 0 Å². The number of hydrogen-bond donors (Lipinski definition) is 1. The molecule has 1 aromatic heterocycles. The molecule has 0 aromatic carbocycles. The van der Waals surface area contributed by atoms with Gasteiger partial charge in [-0.1, -0.05) is 0 Å². The molecule has 0 spiro atoms. The van der Waals surface area contributed by atoms with Crippen LogP contribution < -0.4 is 5.73 Å². The molecule has 1 saturated heterocycles. The van der Waals surface area contributed by atoms with E-state index < -0.39 is 0 Å². The van der Waals surface area contributed by atoms with E-state index in [9.17, 15) is 0 Å². The minimum Gasteiger partial charge on any atom is -0.376 e. The Morgan fingerprint density at radius 3 is 2.93 bits per heavy atom. The molecule has 0 radical (unpaired) electrons. The normalized spacial score (nSPS) is 24.1. The molecular formula is C10H14BrNO2S. The average molecular weight is 292 g/mol. The lowest BCUT2D eigenvalue weighted by Crippen LogP contribution is -2.37. The van der Waals surface area contributed by atoms with Crippen LogP contribution in [-0.2, 0) is 9.47 Å². The van der Waals surface area contributed by atoms with Crippen molar-refractivity contribution in [2.75, 3.05) is 19.8 Å². The first kappa shape index (κ1) is 11.5. The molecule has 0 saturated carbocycles. The summed E-state index contributed by atoms with van der Waals surface area (Å²) in [4.78, 5) is 2.40. The molecule has 2 heterocycles. The Labute approximate surface area is 102 Å². The third-order valence-corrected chi connectivity index (χ3v) is 4.45. The van der Waals surface area contributed by atoms with Crippen LogP contribution in [0.15, 0.2) is 10.5 Å². The fourth-order valence-corrected chi connectivity index (χ4v) is 3.58. The van der Waals surface area contributed by atoms with E-state index in [2.05, 4.69) is 28.9 Å². The second-order valence-corrected chi connectivity index (χ2v) is 5.72. The molecular weight excluding hydrogens is 278 g/mol. The van der Waals surface area contributed by atoms with Crippen molar-refractivity contribution in [3.63, 3.8) is 0 Å². The highest BCUT2D eigenvalue weighted by molar-refractivity contribution is 9.10. The predicted octanol–water partition coefficient (Wildman–Crippen LogP) is 2.23. The van der Waals surface area contributed by atoms with Gasteiger partial charge in [-0.25, -0.2) is 0 Å². The lowest BCUT2D eigenvalue weighted by atomic mass is 10.1. The third kappa shape index (κ3) is 2.60. The van der Waals surface area contributed by atoms with Crippen molar-refractivity contribution in [1.82, 2.24) is 0 Å². The van der Waals surface area contributed by atoms with Crippen molar-refractivity contribution in [2.45, 2.75) is 19.1 Å². The van der Waals surface area contributed by atoms with E-state index in [0.29, 0.717) is 19.8 Å². The highest BCUT2D eigenvalue weighted by Crippen LogP contribution is 2.33. The van der Waals surface area contributed by atoms with Crippen LogP contribution in [0.3, 0.4) is 0 Å². The zero-order valence-corrected chi connectivity index (χ0v) is 10.9. The standard InChI is InChI=1S/C10H14BrNO2S/c1-6-4-7(11)10(15-6)9(12)8-5-13-2-3-14-8/h4,8-9H,2-3,5,12H2,1H3. The molecule has 1 aliphatic rings. The van der Waals surface area contributed by atoms with Gasteiger partial charge < -0.3 is 15.2 Å². The second-order valence-electron chi connectivity index (χ2n) is 3.58. The Bertz CT molecular complexity index is 336. The van der Waals surface area contributed by atoms with Crippen LogP contribution in [0.25, 0.3) is 0 Å². The largest absolute Gasteiger partial charge is 0.376 e. The van der Waals surface area contributed by atoms with Gasteiger partial charge in [-0.2, -0.15) is 0 Å². The van der Waals surface area contributed by atoms with Gasteiger partial charge >= 0.3 is 0 Å². The lowest BCUT2D eigenvalue weighted by molar-refractivity contribution is -0.0972. The predicted molar refractivity (Wildman–Crippen MR) is 64.2 cm³/mol. The summed E-state index contributed by atoms with van der Waals surface area (Å²) in [7, 11) is 0. The molecule has 0 aliphatic carbocycles. The average Bonchev–Trinajstić information content (AvgIpc) is 2.58. The molecule has 2 unspecified atom stereocenters. The van der Waals surface area contributed by atoms with E-state index in [1.807, 2.05) is 0 Å². The van der Waals surface area contributed by atoms with Crippen LogP contribution in [0.2, 0.25) is 0 Å². The fraction of sp³-hybridized carbons (Fsp3) is 0.600. The maximum Gasteiger partial charge on any atom is 0.101 e. The minimum absolute atomic E-state index is 0.0203. The molecule has 2 rings (SSSR count). The first-order chi connectivity index (χ1) is 7.18. The smallest absolute Gasteiger partial charge is 0.101 e. The van der Waals surface area contributed by atoms with E-state index in [4.69, 9.17) is 15.2 Å².